The van der Waals surface area contributed by atoms with E-state index in [1.165, 1.54) is 46.3 Å². The van der Waals surface area contributed by atoms with Gasteiger partial charge >= 0.3 is 0 Å². The minimum absolute atomic E-state index is 0.371. The van der Waals surface area contributed by atoms with Crippen molar-refractivity contribution in [3.8, 4) is 11.5 Å². The molecule has 0 saturated carbocycles. The molecule has 1 saturated heterocycles. The van der Waals surface area contributed by atoms with E-state index >= 15 is 0 Å². The molecule has 184 valence electrons. The highest BCUT2D eigenvalue weighted by Crippen LogP contribution is 2.40. The van der Waals surface area contributed by atoms with E-state index in [1.807, 2.05) is 12.1 Å². The Hall–Kier alpha value is -2.98. The van der Waals surface area contributed by atoms with Crippen molar-refractivity contribution >= 4 is 5.69 Å². The highest BCUT2D eigenvalue weighted by atomic mass is 16.5. The van der Waals surface area contributed by atoms with E-state index in [0.29, 0.717) is 17.6 Å². The van der Waals surface area contributed by atoms with Crippen LogP contribution in [0, 0.1) is 0 Å². The minimum atomic E-state index is 0.371. The lowest BCUT2D eigenvalue weighted by Gasteiger charge is -2.32. The molecule has 1 fully saturated rings. The van der Waals surface area contributed by atoms with Crippen LogP contribution in [-0.2, 0) is 19.4 Å². The van der Waals surface area contributed by atoms with Crippen LogP contribution in [0.2, 0.25) is 0 Å². The zero-order chi connectivity index (χ0) is 24.2. The Bertz CT molecular complexity index is 1140. The summed E-state index contributed by atoms with van der Waals surface area (Å²) in [7, 11) is 1.75. The average molecular weight is 471 g/mol. The first-order chi connectivity index (χ1) is 17.1. The number of rotatable bonds is 7. The number of phenolic OH excluding ortho intramolecular Hbond substituents is 1. The molecule has 4 heteroatoms. The summed E-state index contributed by atoms with van der Waals surface area (Å²) in [5, 5.41) is 13.4. The highest BCUT2D eigenvalue weighted by molar-refractivity contribution is 5.60. The number of phenols is 1. The molecule has 0 amide bonds. The molecule has 1 heterocycles. The van der Waals surface area contributed by atoms with E-state index in [0.717, 1.165) is 51.2 Å². The first-order valence-corrected chi connectivity index (χ1v) is 13.2. The third-order valence-corrected chi connectivity index (χ3v) is 7.98. The number of ether oxygens (including phenoxy) is 1. The van der Waals surface area contributed by atoms with E-state index in [-0.39, 0.29) is 0 Å². The molecule has 0 radical (unpaired) electrons. The van der Waals surface area contributed by atoms with Crippen molar-refractivity contribution in [2.45, 2.75) is 57.4 Å². The van der Waals surface area contributed by atoms with Gasteiger partial charge in [0.15, 0.2) is 0 Å². The maximum atomic E-state index is 9.89. The Balaban J connectivity index is 1.39. The van der Waals surface area contributed by atoms with Crippen molar-refractivity contribution in [2.24, 2.45) is 0 Å². The number of aryl methyl sites for hydroxylation is 1. The lowest BCUT2D eigenvalue weighted by molar-refractivity contribution is 0.414. The smallest absolute Gasteiger partial charge is 0.120 e. The lowest BCUT2D eigenvalue weighted by Crippen LogP contribution is -2.26. The summed E-state index contributed by atoms with van der Waals surface area (Å²) >= 11 is 0. The molecule has 3 aromatic carbocycles. The van der Waals surface area contributed by atoms with Gasteiger partial charge in [-0.05, 0) is 110 Å². The van der Waals surface area contributed by atoms with Crippen LogP contribution in [0.3, 0.4) is 0 Å². The van der Waals surface area contributed by atoms with Crippen LogP contribution in [0.5, 0.6) is 11.5 Å². The molecule has 1 aliphatic carbocycles. The first-order valence-electron chi connectivity index (χ1n) is 13.2. The number of anilines is 1. The summed E-state index contributed by atoms with van der Waals surface area (Å²) in [6, 6.07) is 21.8. The third-order valence-electron chi connectivity index (χ3n) is 7.98. The van der Waals surface area contributed by atoms with Crippen LogP contribution in [0.25, 0.3) is 0 Å². The van der Waals surface area contributed by atoms with Gasteiger partial charge < -0.3 is 20.1 Å². The number of hydrogen-bond donors (Lipinski definition) is 2. The van der Waals surface area contributed by atoms with Crippen molar-refractivity contribution in [3.05, 3.63) is 88.5 Å². The topological polar surface area (TPSA) is 44.7 Å². The van der Waals surface area contributed by atoms with Crippen molar-refractivity contribution in [3.63, 3.8) is 0 Å². The normalized spacial score (nSPS) is 18.2. The molecule has 0 spiro atoms. The molecular weight excluding hydrogens is 432 g/mol. The molecule has 1 aliphatic heterocycles. The fourth-order valence-corrected chi connectivity index (χ4v) is 5.91. The van der Waals surface area contributed by atoms with E-state index in [2.05, 4.69) is 65.7 Å². The zero-order valence-electron chi connectivity index (χ0n) is 21.1. The highest BCUT2D eigenvalue weighted by Gasteiger charge is 2.25. The average Bonchev–Trinajstić information content (AvgIpc) is 2.92. The van der Waals surface area contributed by atoms with Gasteiger partial charge in [-0.25, -0.2) is 0 Å². The standard InChI is InChI=1S/C31H38N2O2/c1-3-33(21-22-4-6-23(7-5-22)24-14-16-32-17-15-24)31-20-29(35-2)12-13-30(31)27-9-8-26-19-28(34)11-10-25(26)18-27/h4-7,10-13,19-20,24,27,32,34H,3,8-9,14-18,21H2,1-2H3/t27-/m1/s1. The Morgan fingerprint density at radius 2 is 1.71 bits per heavy atom. The fraction of sp³-hybridized carbons (Fsp3) is 0.419. The fourth-order valence-electron chi connectivity index (χ4n) is 5.91. The van der Waals surface area contributed by atoms with E-state index in [4.69, 9.17) is 4.74 Å². The SMILES string of the molecule is CCN(Cc1ccc(C2CCNCC2)cc1)c1cc(OC)ccc1[C@@H]1CCc2cc(O)ccc2C1. The van der Waals surface area contributed by atoms with Crippen molar-refractivity contribution in [1.29, 1.82) is 0 Å². The van der Waals surface area contributed by atoms with Crippen molar-refractivity contribution in [2.75, 3.05) is 31.6 Å². The Morgan fingerprint density at radius 1 is 0.914 bits per heavy atom. The summed E-state index contributed by atoms with van der Waals surface area (Å²) < 4.78 is 5.63. The molecule has 35 heavy (non-hydrogen) atoms. The minimum Gasteiger partial charge on any atom is -0.508 e. The van der Waals surface area contributed by atoms with Crippen molar-refractivity contribution < 1.29 is 9.84 Å². The lowest BCUT2D eigenvalue weighted by atomic mass is 9.79. The van der Waals surface area contributed by atoms with Gasteiger partial charge in [0.25, 0.3) is 0 Å². The number of methoxy groups -OCH3 is 1. The van der Waals surface area contributed by atoms with Crippen LogP contribution in [0.4, 0.5) is 5.69 Å². The van der Waals surface area contributed by atoms with E-state index < -0.39 is 0 Å². The predicted molar refractivity (Wildman–Crippen MR) is 144 cm³/mol. The second-order valence-corrected chi connectivity index (χ2v) is 10.1. The summed E-state index contributed by atoms with van der Waals surface area (Å²) in [6.45, 7) is 6.32. The van der Waals surface area contributed by atoms with Gasteiger partial charge in [0.2, 0.25) is 0 Å². The predicted octanol–water partition coefficient (Wildman–Crippen LogP) is 6.17. The van der Waals surface area contributed by atoms with Crippen LogP contribution >= 0.6 is 0 Å². The number of nitrogens with zero attached hydrogens (tertiary/aromatic N) is 1. The number of nitrogens with one attached hydrogen (secondary N) is 1. The molecule has 5 rings (SSSR count). The number of piperidine rings is 1. The zero-order valence-corrected chi connectivity index (χ0v) is 21.1. The summed E-state index contributed by atoms with van der Waals surface area (Å²) in [5.74, 6) is 2.43. The van der Waals surface area contributed by atoms with Crippen molar-refractivity contribution in [1.82, 2.24) is 5.32 Å². The van der Waals surface area contributed by atoms with Gasteiger partial charge in [-0.2, -0.15) is 0 Å². The third kappa shape index (κ3) is 5.33. The molecule has 3 aromatic rings. The van der Waals surface area contributed by atoms with Gasteiger partial charge in [0, 0.05) is 24.8 Å². The molecule has 1 atom stereocenters. The monoisotopic (exact) mass is 470 g/mol. The van der Waals surface area contributed by atoms with E-state index in [9.17, 15) is 5.11 Å². The molecule has 2 aliphatic rings. The van der Waals surface area contributed by atoms with Gasteiger partial charge in [-0.15, -0.1) is 0 Å². The molecule has 2 N–H and O–H groups in total. The molecule has 0 unspecified atom stereocenters. The van der Waals surface area contributed by atoms with Gasteiger partial charge in [0.1, 0.15) is 11.5 Å². The molecule has 4 nitrogen and oxygen atoms in total. The number of hydrogen-bond acceptors (Lipinski definition) is 4. The Labute approximate surface area is 209 Å². The Morgan fingerprint density at radius 3 is 2.46 bits per heavy atom. The number of benzene rings is 3. The number of aromatic hydroxyl groups is 1. The van der Waals surface area contributed by atoms with Crippen LogP contribution in [0.1, 0.15) is 65.8 Å². The van der Waals surface area contributed by atoms with E-state index in [1.54, 1.807) is 7.11 Å². The van der Waals surface area contributed by atoms with Gasteiger partial charge in [-0.3, -0.25) is 0 Å². The summed E-state index contributed by atoms with van der Waals surface area (Å²) in [5.41, 5.74) is 8.16. The second kappa shape index (κ2) is 10.7. The van der Waals surface area contributed by atoms with Crippen LogP contribution in [0.15, 0.2) is 60.7 Å². The molecular formula is C31H38N2O2. The maximum absolute atomic E-state index is 9.89. The Kier molecular flexibility index (Phi) is 7.29. The summed E-state index contributed by atoms with van der Waals surface area (Å²) in [6.07, 6.45) is 5.58. The summed E-state index contributed by atoms with van der Waals surface area (Å²) in [4.78, 5) is 2.49. The van der Waals surface area contributed by atoms with Crippen LogP contribution in [-0.4, -0.2) is 31.9 Å². The second-order valence-electron chi connectivity index (χ2n) is 10.1. The largest absolute Gasteiger partial charge is 0.508 e. The van der Waals surface area contributed by atoms with Crippen LogP contribution < -0.4 is 15.0 Å². The quantitative estimate of drug-likeness (QED) is 0.434. The molecule has 0 aromatic heterocycles. The van der Waals surface area contributed by atoms with Gasteiger partial charge in [-0.1, -0.05) is 36.4 Å². The first kappa shape index (κ1) is 23.7. The number of fused-ring (bicyclic) bond motifs is 1. The van der Waals surface area contributed by atoms with Gasteiger partial charge in [0.05, 0.1) is 7.11 Å². The molecule has 0 bridgehead atoms. The maximum Gasteiger partial charge on any atom is 0.120 e.